The highest BCUT2D eigenvalue weighted by molar-refractivity contribution is 7.99. The first-order valence-corrected chi connectivity index (χ1v) is 11.6. The molecule has 0 aliphatic heterocycles. The molecule has 0 aliphatic carbocycles. The SMILES string of the molecule is CCCCCCCc1nnc(SCC(=O)NCCc2ccc(OC)c(OC)c2)n1C. The van der Waals surface area contributed by atoms with Gasteiger partial charge in [0.05, 0.1) is 20.0 Å². The Hall–Kier alpha value is -2.22. The van der Waals surface area contributed by atoms with Gasteiger partial charge >= 0.3 is 0 Å². The van der Waals surface area contributed by atoms with Crippen LogP contribution in [0.1, 0.15) is 50.4 Å². The fourth-order valence-corrected chi connectivity index (χ4v) is 3.90. The van der Waals surface area contributed by atoms with Crippen molar-refractivity contribution < 1.29 is 14.3 Å². The van der Waals surface area contributed by atoms with Crippen molar-refractivity contribution in [3.8, 4) is 11.5 Å². The molecule has 2 aromatic rings. The Morgan fingerprint density at radius 2 is 1.83 bits per heavy atom. The summed E-state index contributed by atoms with van der Waals surface area (Å²) in [5.74, 6) is 2.70. The lowest BCUT2D eigenvalue weighted by Gasteiger charge is -2.10. The molecule has 0 saturated heterocycles. The lowest BCUT2D eigenvalue weighted by atomic mass is 10.1. The van der Waals surface area contributed by atoms with Gasteiger partial charge in [0.25, 0.3) is 0 Å². The Morgan fingerprint density at radius 1 is 1.07 bits per heavy atom. The van der Waals surface area contributed by atoms with E-state index in [0.717, 1.165) is 35.8 Å². The van der Waals surface area contributed by atoms with E-state index in [0.29, 0.717) is 23.8 Å². The van der Waals surface area contributed by atoms with E-state index in [1.54, 1.807) is 14.2 Å². The van der Waals surface area contributed by atoms with Crippen LogP contribution in [0.5, 0.6) is 11.5 Å². The van der Waals surface area contributed by atoms with Gasteiger partial charge in [-0.15, -0.1) is 10.2 Å². The normalized spacial score (nSPS) is 10.8. The molecule has 1 N–H and O–H groups in total. The standard InChI is InChI=1S/C22H34N4O3S/c1-5-6-7-8-9-10-20-24-25-22(26(20)2)30-16-21(27)23-14-13-17-11-12-18(28-3)19(15-17)29-4/h11-12,15H,5-10,13-14,16H2,1-4H3,(H,23,27). The average molecular weight is 435 g/mol. The van der Waals surface area contributed by atoms with Crippen molar-refractivity contribution in [2.75, 3.05) is 26.5 Å². The number of amides is 1. The minimum atomic E-state index is -0.00964. The van der Waals surface area contributed by atoms with E-state index in [2.05, 4.69) is 22.4 Å². The number of nitrogens with one attached hydrogen (secondary N) is 1. The van der Waals surface area contributed by atoms with Gasteiger partial charge in [-0.2, -0.15) is 0 Å². The third kappa shape index (κ3) is 7.55. The van der Waals surface area contributed by atoms with Crippen LogP contribution in [0.3, 0.4) is 0 Å². The van der Waals surface area contributed by atoms with Crippen LogP contribution in [0.25, 0.3) is 0 Å². The van der Waals surface area contributed by atoms with Crippen molar-refractivity contribution in [1.29, 1.82) is 0 Å². The van der Waals surface area contributed by atoms with Gasteiger partial charge in [-0.3, -0.25) is 4.79 Å². The van der Waals surface area contributed by atoms with Crippen molar-refractivity contribution in [3.05, 3.63) is 29.6 Å². The van der Waals surface area contributed by atoms with Crippen LogP contribution in [0.4, 0.5) is 0 Å². The number of carbonyl (C=O) groups is 1. The molecule has 0 radical (unpaired) electrons. The van der Waals surface area contributed by atoms with E-state index in [9.17, 15) is 4.79 Å². The first-order valence-electron chi connectivity index (χ1n) is 10.6. The Morgan fingerprint density at radius 3 is 2.57 bits per heavy atom. The van der Waals surface area contributed by atoms with Crippen LogP contribution in [-0.2, 0) is 24.7 Å². The molecule has 1 aromatic heterocycles. The number of carbonyl (C=O) groups excluding carboxylic acids is 1. The molecule has 0 spiro atoms. The molecule has 0 saturated carbocycles. The molecule has 1 aromatic carbocycles. The van der Waals surface area contributed by atoms with E-state index in [-0.39, 0.29) is 5.91 Å². The van der Waals surface area contributed by atoms with Crippen molar-refractivity contribution in [3.63, 3.8) is 0 Å². The number of aryl methyl sites for hydroxylation is 1. The topological polar surface area (TPSA) is 78.3 Å². The smallest absolute Gasteiger partial charge is 0.230 e. The summed E-state index contributed by atoms with van der Waals surface area (Å²) in [4.78, 5) is 12.2. The molecule has 0 fully saturated rings. The number of thioether (sulfide) groups is 1. The molecule has 0 atom stereocenters. The minimum Gasteiger partial charge on any atom is -0.493 e. The van der Waals surface area contributed by atoms with Gasteiger partial charge in [0.15, 0.2) is 16.7 Å². The number of nitrogens with zero attached hydrogens (tertiary/aromatic N) is 3. The van der Waals surface area contributed by atoms with Gasteiger partial charge in [0, 0.05) is 20.0 Å². The van der Waals surface area contributed by atoms with E-state index >= 15 is 0 Å². The summed E-state index contributed by atoms with van der Waals surface area (Å²) >= 11 is 1.42. The van der Waals surface area contributed by atoms with E-state index in [4.69, 9.17) is 9.47 Å². The maximum Gasteiger partial charge on any atom is 0.230 e. The van der Waals surface area contributed by atoms with Crippen molar-refractivity contribution in [2.45, 2.75) is 57.0 Å². The molecule has 166 valence electrons. The number of rotatable bonds is 14. The van der Waals surface area contributed by atoms with E-state index < -0.39 is 0 Å². The van der Waals surface area contributed by atoms with Gasteiger partial charge < -0.3 is 19.4 Å². The molecule has 7 nitrogen and oxygen atoms in total. The van der Waals surface area contributed by atoms with E-state index in [1.807, 2.05) is 29.8 Å². The Balaban J connectivity index is 1.71. The zero-order chi connectivity index (χ0) is 21.8. The first kappa shape index (κ1) is 24.1. The van der Waals surface area contributed by atoms with Crippen LogP contribution in [-0.4, -0.2) is 47.2 Å². The van der Waals surface area contributed by atoms with Crippen LogP contribution >= 0.6 is 11.8 Å². The maximum absolute atomic E-state index is 12.2. The highest BCUT2D eigenvalue weighted by Gasteiger charge is 2.11. The van der Waals surface area contributed by atoms with Crippen LogP contribution in [0.2, 0.25) is 0 Å². The molecule has 1 amide bonds. The van der Waals surface area contributed by atoms with Crippen molar-refractivity contribution in [1.82, 2.24) is 20.1 Å². The summed E-state index contributed by atoms with van der Waals surface area (Å²) in [5, 5.41) is 12.3. The number of hydrogen-bond acceptors (Lipinski definition) is 6. The monoisotopic (exact) mass is 434 g/mol. The second kappa shape index (κ2) is 13.2. The quantitative estimate of drug-likeness (QED) is 0.360. The molecule has 2 rings (SSSR count). The van der Waals surface area contributed by atoms with Crippen LogP contribution in [0, 0.1) is 0 Å². The third-order valence-corrected chi connectivity index (χ3v) is 5.97. The fourth-order valence-electron chi connectivity index (χ4n) is 3.14. The molecule has 30 heavy (non-hydrogen) atoms. The van der Waals surface area contributed by atoms with Gasteiger partial charge in [-0.25, -0.2) is 0 Å². The average Bonchev–Trinajstić information content (AvgIpc) is 3.11. The molecule has 0 aliphatic rings. The number of unbranched alkanes of at least 4 members (excludes halogenated alkanes) is 4. The molecule has 1 heterocycles. The van der Waals surface area contributed by atoms with E-state index in [1.165, 1.54) is 37.4 Å². The summed E-state index contributed by atoms with van der Waals surface area (Å²) in [6, 6.07) is 5.79. The largest absolute Gasteiger partial charge is 0.493 e. The summed E-state index contributed by atoms with van der Waals surface area (Å²) < 4.78 is 12.6. The second-order valence-corrected chi connectivity index (χ2v) is 8.14. The molecule has 0 bridgehead atoms. The third-order valence-electron chi connectivity index (χ3n) is 4.95. The van der Waals surface area contributed by atoms with Crippen LogP contribution in [0.15, 0.2) is 23.4 Å². The summed E-state index contributed by atoms with van der Waals surface area (Å²) in [6.07, 6.45) is 7.84. The first-order chi connectivity index (χ1) is 14.6. The zero-order valence-electron chi connectivity index (χ0n) is 18.6. The zero-order valence-corrected chi connectivity index (χ0v) is 19.4. The highest BCUT2D eigenvalue weighted by Crippen LogP contribution is 2.27. The Kier molecular flexibility index (Phi) is 10.5. The molecule has 0 unspecified atom stereocenters. The fraction of sp³-hybridized carbons (Fsp3) is 0.591. The number of methoxy groups -OCH3 is 2. The second-order valence-electron chi connectivity index (χ2n) is 7.20. The molecule has 8 heteroatoms. The lowest BCUT2D eigenvalue weighted by molar-refractivity contribution is -0.118. The number of hydrogen-bond donors (Lipinski definition) is 1. The van der Waals surface area contributed by atoms with Crippen molar-refractivity contribution in [2.24, 2.45) is 7.05 Å². The Bertz CT molecular complexity index is 795. The van der Waals surface area contributed by atoms with Gasteiger partial charge in [-0.05, 0) is 30.5 Å². The van der Waals surface area contributed by atoms with Crippen LogP contribution < -0.4 is 14.8 Å². The van der Waals surface area contributed by atoms with Gasteiger partial charge in [-0.1, -0.05) is 50.4 Å². The summed E-state index contributed by atoms with van der Waals surface area (Å²) in [5.41, 5.74) is 1.08. The Labute approximate surface area is 183 Å². The number of benzene rings is 1. The van der Waals surface area contributed by atoms with Gasteiger partial charge in [0.2, 0.25) is 5.91 Å². The molecular formula is C22H34N4O3S. The predicted molar refractivity (Wildman–Crippen MR) is 120 cm³/mol. The van der Waals surface area contributed by atoms with Crippen molar-refractivity contribution >= 4 is 17.7 Å². The molecular weight excluding hydrogens is 400 g/mol. The summed E-state index contributed by atoms with van der Waals surface area (Å²) in [7, 11) is 5.20. The highest BCUT2D eigenvalue weighted by atomic mass is 32.2. The lowest BCUT2D eigenvalue weighted by Crippen LogP contribution is -2.27. The van der Waals surface area contributed by atoms with Gasteiger partial charge in [0.1, 0.15) is 5.82 Å². The summed E-state index contributed by atoms with van der Waals surface area (Å²) in [6.45, 7) is 2.79. The predicted octanol–water partition coefficient (Wildman–Crippen LogP) is 3.80. The maximum atomic E-state index is 12.2. The minimum absolute atomic E-state index is 0.00964. The number of aromatic nitrogens is 3. The number of ether oxygens (including phenoxy) is 2.